The van der Waals surface area contributed by atoms with E-state index in [4.69, 9.17) is 0 Å². The van der Waals surface area contributed by atoms with E-state index in [9.17, 15) is 13.2 Å². The number of hydrogen-bond acceptors (Lipinski definition) is 4. The predicted octanol–water partition coefficient (Wildman–Crippen LogP) is 4.22. The van der Waals surface area contributed by atoms with Crippen molar-refractivity contribution >= 4 is 21.6 Å². The topological polar surface area (TPSA) is 93.1 Å². The number of hydrogen-bond donors (Lipinski definition) is 2. The van der Waals surface area contributed by atoms with E-state index in [-0.39, 0.29) is 22.9 Å². The monoisotopic (exact) mass is 460 g/mol. The zero-order chi connectivity index (χ0) is 23.4. The Balaban J connectivity index is 1.54. The fourth-order valence-corrected chi connectivity index (χ4v) is 4.86. The van der Waals surface area contributed by atoms with Crippen LogP contribution in [0.15, 0.2) is 90.3 Å². The van der Waals surface area contributed by atoms with Gasteiger partial charge >= 0.3 is 0 Å². The lowest BCUT2D eigenvalue weighted by Crippen LogP contribution is -2.24. The standard InChI is InChI=1S/C25H24N4O3S/c1-18-6-5-8-22(14-18)28-33(31,32)24-15-20(11-10-19(24)2)25(30)27-16-21-7-3-4-9-23(21)29-13-12-26-17-29/h3-15,17,28H,16H2,1-2H3,(H,27,30). The summed E-state index contributed by atoms with van der Waals surface area (Å²) in [6, 6.07) is 19.5. The Morgan fingerprint density at radius 2 is 1.82 bits per heavy atom. The van der Waals surface area contributed by atoms with E-state index in [1.165, 1.54) is 6.07 Å². The van der Waals surface area contributed by atoms with Crippen molar-refractivity contribution in [3.63, 3.8) is 0 Å². The molecule has 0 saturated heterocycles. The van der Waals surface area contributed by atoms with Crippen LogP contribution >= 0.6 is 0 Å². The molecular formula is C25H24N4O3S. The molecule has 0 saturated carbocycles. The van der Waals surface area contributed by atoms with E-state index >= 15 is 0 Å². The number of benzene rings is 3. The first-order chi connectivity index (χ1) is 15.8. The van der Waals surface area contributed by atoms with Crippen molar-refractivity contribution in [3.05, 3.63) is 108 Å². The van der Waals surface area contributed by atoms with Gasteiger partial charge in [-0.3, -0.25) is 9.52 Å². The minimum absolute atomic E-state index is 0.0653. The van der Waals surface area contributed by atoms with Crippen molar-refractivity contribution in [1.29, 1.82) is 0 Å². The maximum absolute atomic E-state index is 13.0. The molecule has 0 unspecified atom stereocenters. The number of amides is 1. The van der Waals surface area contributed by atoms with Gasteiger partial charge in [0.2, 0.25) is 0 Å². The van der Waals surface area contributed by atoms with Crippen LogP contribution in [-0.2, 0) is 16.6 Å². The number of nitrogens with zero attached hydrogens (tertiary/aromatic N) is 2. The van der Waals surface area contributed by atoms with Gasteiger partial charge in [-0.15, -0.1) is 0 Å². The molecular weight excluding hydrogens is 436 g/mol. The molecule has 1 aromatic heterocycles. The summed E-state index contributed by atoms with van der Waals surface area (Å²) in [7, 11) is -3.86. The molecule has 0 aliphatic carbocycles. The predicted molar refractivity (Wildman–Crippen MR) is 128 cm³/mol. The lowest BCUT2D eigenvalue weighted by Gasteiger charge is -2.14. The van der Waals surface area contributed by atoms with Crippen molar-refractivity contribution in [3.8, 4) is 5.69 Å². The minimum Gasteiger partial charge on any atom is -0.348 e. The highest BCUT2D eigenvalue weighted by molar-refractivity contribution is 7.92. The van der Waals surface area contributed by atoms with Crippen LogP contribution in [0.4, 0.5) is 5.69 Å². The molecule has 7 nitrogen and oxygen atoms in total. The number of para-hydroxylation sites is 1. The Kier molecular flexibility index (Phi) is 6.28. The summed E-state index contributed by atoms with van der Waals surface area (Å²) >= 11 is 0. The van der Waals surface area contributed by atoms with E-state index in [2.05, 4.69) is 15.0 Å². The normalized spacial score (nSPS) is 11.2. The van der Waals surface area contributed by atoms with E-state index < -0.39 is 10.0 Å². The second kappa shape index (κ2) is 9.30. The Bertz CT molecular complexity index is 1400. The molecule has 0 bridgehead atoms. The molecule has 1 amide bonds. The van der Waals surface area contributed by atoms with Gasteiger partial charge < -0.3 is 9.88 Å². The van der Waals surface area contributed by atoms with Crippen molar-refractivity contribution < 1.29 is 13.2 Å². The second-order valence-electron chi connectivity index (χ2n) is 7.74. The number of aryl methyl sites for hydroxylation is 2. The van der Waals surface area contributed by atoms with Gasteiger partial charge in [0.25, 0.3) is 15.9 Å². The van der Waals surface area contributed by atoms with Crippen molar-refractivity contribution in [2.24, 2.45) is 0 Å². The third-order valence-corrected chi connectivity index (χ3v) is 6.75. The van der Waals surface area contributed by atoms with Crippen molar-refractivity contribution in [2.45, 2.75) is 25.3 Å². The summed E-state index contributed by atoms with van der Waals surface area (Å²) in [4.78, 5) is 17.0. The van der Waals surface area contributed by atoms with E-state index in [0.29, 0.717) is 11.3 Å². The Morgan fingerprint density at radius 1 is 1.00 bits per heavy atom. The largest absolute Gasteiger partial charge is 0.348 e. The number of rotatable bonds is 7. The molecule has 168 valence electrons. The summed E-state index contributed by atoms with van der Waals surface area (Å²) in [5.41, 5.74) is 4.05. The lowest BCUT2D eigenvalue weighted by molar-refractivity contribution is 0.0950. The summed E-state index contributed by atoms with van der Waals surface area (Å²) in [6.45, 7) is 3.87. The molecule has 0 atom stereocenters. The Labute approximate surface area is 193 Å². The van der Waals surface area contributed by atoms with Crippen LogP contribution in [-0.4, -0.2) is 23.9 Å². The van der Waals surface area contributed by atoms with Crippen LogP contribution in [0.1, 0.15) is 27.0 Å². The molecule has 4 aromatic rings. The average molecular weight is 461 g/mol. The van der Waals surface area contributed by atoms with Crippen LogP contribution in [0, 0.1) is 13.8 Å². The summed E-state index contributed by atoms with van der Waals surface area (Å²) in [5.74, 6) is -0.359. The van der Waals surface area contributed by atoms with E-state index in [0.717, 1.165) is 16.8 Å². The number of anilines is 1. The number of sulfonamides is 1. The number of imidazole rings is 1. The highest BCUT2D eigenvalue weighted by atomic mass is 32.2. The highest BCUT2D eigenvalue weighted by Crippen LogP contribution is 2.22. The average Bonchev–Trinajstić information content (AvgIpc) is 3.32. The van der Waals surface area contributed by atoms with Crippen LogP contribution in [0.2, 0.25) is 0 Å². The third kappa shape index (κ3) is 5.12. The first kappa shape index (κ1) is 22.3. The van der Waals surface area contributed by atoms with Crippen LogP contribution in [0.3, 0.4) is 0 Å². The van der Waals surface area contributed by atoms with Crippen molar-refractivity contribution in [1.82, 2.24) is 14.9 Å². The maximum Gasteiger partial charge on any atom is 0.262 e. The molecule has 0 radical (unpaired) electrons. The molecule has 3 aromatic carbocycles. The van der Waals surface area contributed by atoms with Gasteiger partial charge in [0, 0.05) is 30.2 Å². The first-order valence-corrected chi connectivity index (χ1v) is 11.9. The van der Waals surface area contributed by atoms with Crippen LogP contribution in [0.5, 0.6) is 0 Å². The molecule has 1 heterocycles. The van der Waals surface area contributed by atoms with Gasteiger partial charge in [-0.25, -0.2) is 13.4 Å². The number of aromatic nitrogens is 2. The summed E-state index contributed by atoms with van der Waals surface area (Å²) in [6.07, 6.45) is 5.21. The van der Waals surface area contributed by atoms with Crippen LogP contribution < -0.4 is 10.0 Å². The van der Waals surface area contributed by atoms with Gasteiger partial charge in [-0.2, -0.15) is 0 Å². The zero-order valence-electron chi connectivity index (χ0n) is 18.3. The molecule has 8 heteroatoms. The van der Waals surface area contributed by atoms with E-state index in [1.807, 2.05) is 48.0 Å². The van der Waals surface area contributed by atoms with Gasteiger partial charge in [0.05, 0.1) is 16.9 Å². The van der Waals surface area contributed by atoms with Gasteiger partial charge in [-0.1, -0.05) is 36.4 Å². The third-order valence-electron chi connectivity index (χ3n) is 5.22. The zero-order valence-corrected chi connectivity index (χ0v) is 19.1. The number of carbonyl (C=O) groups excluding carboxylic acids is 1. The molecule has 0 aliphatic heterocycles. The number of nitrogens with one attached hydrogen (secondary N) is 2. The molecule has 4 rings (SSSR count). The van der Waals surface area contributed by atoms with Crippen molar-refractivity contribution in [2.75, 3.05) is 4.72 Å². The molecule has 0 fully saturated rings. The molecule has 0 aliphatic rings. The first-order valence-electron chi connectivity index (χ1n) is 10.4. The Morgan fingerprint density at radius 3 is 2.58 bits per heavy atom. The smallest absolute Gasteiger partial charge is 0.262 e. The van der Waals surface area contributed by atoms with Crippen LogP contribution in [0.25, 0.3) is 5.69 Å². The fraction of sp³-hybridized carbons (Fsp3) is 0.120. The maximum atomic E-state index is 13.0. The molecule has 2 N–H and O–H groups in total. The summed E-state index contributed by atoms with van der Waals surface area (Å²) in [5, 5.41) is 2.88. The highest BCUT2D eigenvalue weighted by Gasteiger charge is 2.19. The Hall–Kier alpha value is -3.91. The fourth-order valence-electron chi connectivity index (χ4n) is 3.54. The summed E-state index contributed by atoms with van der Waals surface area (Å²) < 4.78 is 30.5. The van der Waals surface area contributed by atoms with Gasteiger partial charge in [-0.05, 0) is 60.9 Å². The minimum atomic E-state index is -3.86. The molecule has 0 spiro atoms. The quantitative estimate of drug-likeness (QED) is 0.432. The van der Waals surface area contributed by atoms with E-state index in [1.54, 1.807) is 49.8 Å². The SMILES string of the molecule is Cc1cccc(NS(=O)(=O)c2cc(C(=O)NCc3ccccc3-n3ccnc3)ccc2C)c1. The molecule has 33 heavy (non-hydrogen) atoms. The second-order valence-corrected chi connectivity index (χ2v) is 9.39. The van der Waals surface area contributed by atoms with Gasteiger partial charge in [0.1, 0.15) is 0 Å². The lowest BCUT2D eigenvalue weighted by atomic mass is 10.1. The van der Waals surface area contributed by atoms with Gasteiger partial charge in [0.15, 0.2) is 0 Å². The number of carbonyl (C=O) groups is 1.